The Balaban J connectivity index is 2.21. The van der Waals surface area contributed by atoms with Gasteiger partial charge in [0.15, 0.2) is 0 Å². The van der Waals surface area contributed by atoms with Crippen LogP contribution in [-0.2, 0) is 6.54 Å². The summed E-state index contributed by atoms with van der Waals surface area (Å²) >= 11 is 3.40. The van der Waals surface area contributed by atoms with Crippen LogP contribution >= 0.6 is 15.9 Å². The number of hydrogen-bond acceptors (Lipinski definition) is 4. The number of Topliss-reactive ketones (excluding diaryl/α,β-unsaturated/α-hetero) is 1. The molecule has 0 aliphatic heterocycles. The van der Waals surface area contributed by atoms with Crippen LogP contribution in [0.2, 0.25) is 0 Å². The smallest absolute Gasteiger partial charge is 0.201 e. The molecule has 2 N–H and O–H groups in total. The SMILES string of the molecule is CN(C)CCn1ncc(Br)c1C(=O)C1(N)CCC1. The summed E-state index contributed by atoms with van der Waals surface area (Å²) < 4.78 is 2.49. The summed E-state index contributed by atoms with van der Waals surface area (Å²) in [7, 11) is 3.99. The van der Waals surface area contributed by atoms with Gasteiger partial charge in [-0.15, -0.1) is 0 Å². The number of nitrogens with zero attached hydrogens (tertiary/aromatic N) is 3. The van der Waals surface area contributed by atoms with Crippen molar-refractivity contribution in [2.75, 3.05) is 20.6 Å². The number of carbonyl (C=O) groups excluding carboxylic acids is 1. The maximum Gasteiger partial charge on any atom is 0.201 e. The second kappa shape index (κ2) is 5.11. The first kappa shape index (κ1) is 13.7. The van der Waals surface area contributed by atoms with E-state index in [2.05, 4.69) is 25.9 Å². The first-order chi connectivity index (χ1) is 8.44. The van der Waals surface area contributed by atoms with E-state index >= 15 is 0 Å². The summed E-state index contributed by atoms with van der Waals surface area (Å²) in [5.74, 6) is 0.0110. The standard InChI is InChI=1S/C12H19BrN4O/c1-16(2)6-7-17-10(9(13)8-15-17)11(18)12(14)4-3-5-12/h8H,3-7,14H2,1-2H3. The molecule has 0 saturated heterocycles. The second-order valence-corrected chi connectivity index (χ2v) is 6.06. The molecule has 1 aromatic heterocycles. The largest absolute Gasteiger partial charge is 0.319 e. The predicted octanol–water partition coefficient (Wildman–Crippen LogP) is 1.27. The molecular weight excluding hydrogens is 296 g/mol. The summed E-state index contributed by atoms with van der Waals surface area (Å²) in [6.07, 6.45) is 4.25. The number of rotatable bonds is 5. The number of nitrogens with two attached hydrogens (primary N) is 1. The third-order valence-electron chi connectivity index (χ3n) is 3.47. The fourth-order valence-electron chi connectivity index (χ4n) is 2.07. The summed E-state index contributed by atoms with van der Waals surface area (Å²) in [6.45, 7) is 1.53. The number of halogens is 1. The molecule has 100 valence electrons. The van der Waals surface area contributed by atoms with Gasteiger partial charge in [-0.3, -0.25) is 9.48 Å². The van der Waals surface area contributed by atoms with Crippen LogP contribution in [0, 0.1) is 0 Å². The van der Waals surface area contributed by atoms with Crippen LogP contribution in [0.3, 0.4) is 0 Å². The van der Waals surface area contributed by atoms with Crippen LogP contribution < -0.4 is 5.73 Å². The summed E-state index contributed by atoms with van der Waals surface area (Å²) in [4.78, 5) is 14.5. The average molecular weight is 315 g/mol. The van der Waals surface area contributed by atoms with E-state index in [1.54, 1.807) is 10.9 Å². The van der Waals surface area contributed by atoms with Gasteiger partial charge in [-0.05, 0) is 49.3 Å². The summed E-state index contributed by atoms with van der Waals surface area (Å²) in [5, 5.41) is 4.25. The highest BCUT2D eigenvalue weighted by Gasteiger charge is 2.42. The lowest BCUT2D eigenvalue weighted by atomic mass is 9.74. The Hall–Kier alpha value is -0.720. The van der Waals surface area contributed by atoms with Gasteiger partial charge in [0, 0.05) is 6.54 Å². The number of aromatic nitrogens is 2. The van der Waals surface area contributed by atoms with E-state index < -0.39 is 5.54 Å². The van der Waals surface area contributed by atoms with E-state index in [0.29, 0.717) is 12.2 Å². The van der Waals surface area contributed by atoms with Crippen molar-refractivity contribution in [3.8, 4) is 0 Å². The lowest BCUT2D eigenvalue weighted by Crippen LogP contribution is -2.54. The molecule has 1 fully saturated rings. The zero-order valence-electron chi connectivity index (χ0n) is 10.8. The van der Waals surface area contributed by atoms with E-state index in [9.17, 15) is 4.79 Å². The molecule has 0 atom stereocenters. The van der Waals surface area contributed by atoms with Gasteiger partial charge >= 0.3 is 0 Å². The van der Waals surface area contributed by atoms with Gasteiger partial charge in [0.2, 0.25) is 5.78 Å². The van der Waals surface area contributed by atoms with Crippen LogP contribution in [0.4, 0.5) is 0 Å². The highest BCUT2D eigenvalue weighted by Crippen LogP contribution is 2.34. The van der Waals surface area contributed by atoms with Gasteiger partial charge < -0.3 is 10.6 Å². The zero-order chi connectivity index (χ0) is 13.3. The van der Waals surface area contributed by atoms with Crippen LogP contribution in [0.5, 0.6) is 0 Å². The van der Waals surface area contributed by atoms with Crippen molar-refractivity contribution < 1.29 is 4.79 Å². The van der Waals surface area contributed by atoms with Crippen LogP contribution in [0.15, 0.2) is 10.7 Å². The lowest BCUT2D eigenvalue weighted by Gasteiger charge is -2.36. The molecule has 1 aliphatic rings. The van der Waals surface area contributed by atoms with Crippen LogP contribution in [0.25, 0.3) is 0 Å². The Morgan fingerprint density at radius 1 is 1.61 bits per heavy atom. The van der Waals surface area contributed by atoms with Crippen molar-refractivity contribution in [3.05, 3.63) is 16.4 Å². The van der Waals surface area contributed by atoms with Gasteiger partial charge in [0.05, 0.1) is 22.8 Å². The van der Waals surface area contributed by atoms with Crippen LogP contribution in [-0.4, -0.2) is 46.6 Å². The fourth-order valence-corrected chi connectivity index (χ4v) is 2.55. The Bertz CT molecular complexity index is 451. The van der Waals surface area contributed by atoms with E-state index in [1.807, 2.05) is 14.1 Å². The fraction of sp³-hybridized carbons (Fsp3) is 0.667. The van der Waals surface area contributed by atoms with Crippen LogP contribution in [0.1, 0.15) is 29.8 Å². The van der Waals surface area contributed by atoms with Gasteiger partial charge in [-0.2, -0.15) is 5.10 Å². The molecule has 1 aromatic rings. The Morgan fingerprint density at radius 2 is 2.28 bits per heavy atom. The first-order valence-corrected chi connectivity index (χ1v) is 6.93. The van der Waals surface area contributed by atoms with Gasteiger partial charge in [-0.1, -0.05) is 0 Å². The minimum absolute atomic E-state index is 0.0110. The second-order valence-electron chi connectivity index (χ2n) is 5.21. The molecule has 1 heterocycles. The number of likely N-dealkylation sites (N-methyl/N-ethyl adjacent to an activating group) is 1. The van der Waals surface area contributed by atoms with E-state index in [0.717, 1.165) is 30.3 Å². The Morgan fingerprint density at radius 3 is 2.78 bits per heavy atom. The summed E-state index contributed by atoms with van der Waals surface area (Å²) in [5.41, 5.74) is 6.05. The molecule has 2 rings (SSSR count). The molecule has 18 heavy (non-hydrogen) atoms. The molecule has 0 amide bonds. The van der Waals surface area contributed by atoms with Crippen molar-refractivity contribution in [2.24, 2.45) is 5.73 Å². The first-order valence-electron chi connectivity index (χ1n) is 6.14. The number of carbonyl (C=O) groups is 1. The summed E-state index contributed by atoms with van der Waals surface area (Å²) in [6, 6.07) is 0. The quantitative estimate of drug-likeness (QED) is 0.831. The Kier molecular flexibility index (Phi) is 3.89. The highest BCUT2D eigenvalue weighted by molar-refractivity contribution is 9.10. The minimum atomic E-state index is -0.668. The molecule has 1 saturated carbocycles. The van der Waals surface area contributed by atoms with E-state index in [1.165, 1.54) is 0 Å². The van der Waals surface area contributed by atoms with Crippen molar-refractivity contribution in [2.45, 2.75) is 31.3 Å². The lowest BCUT2D eigenvalue weighted by molar-refractivity contribution is 0.0787. The molecule has 0 spiro atoms. The number of hydrogen-bond donors (Lipinski definition) is 1. The van der Waals surface area contributed by atoms with E-state index in [-0.39, 0.29) is 5.78 Å². The highest BCUT2D eigenvalue weighted by atomic mass is 79.9. The molecule has 6 heteroatoms. The van der Waals surface area contributed by atoms with Crippen molar-refractivity contribution >= 4 is 21.7 Å². The minimum Gasteiger partial charge on any atom is -0.319 e. The monoisotopic (exact) mass is 314 g/mol. The van der Waals surface area contributed by atoms with Gasteiger partial charge in [0.1, 0.15) is 5.69 Å². The van der Waals surface area contributed by atoms with Crippen molar-refractivity contribution in [1.29, 1.82) is 0 Å². The maximum absolute atomic E-state index is 12.5. The molecule has 0 unspecified atom stereocenters. The molecular formula is C12H19BrN4O. The number of ketones is 1. The zero-order valence-corrected chi connectivity index (χ0v) is 12.4. The van der Waals surface area contributed by atoms with Crippen molar-refractivity contribution in [3.63, 3.8) is 0 Å². The Labute approximate surface area is 115 Å². The average Bonchev–Trinajstić information content (AvgIpc) is 2.63. The molecule has 0 bridgehead atoms. The topological polar surface area (TPSA) is 64.2 Å². The third-order valence-corrected chi connectivity index (χ3v) is 4.05. The van der Waals surface area contributed by atoms with Gasteiger partial charge in [-0.25, -0.2) is 0 Å². The van der Waals surface area contributed by atoms with E-state index in [4.69, 9.17) is 5.73 Å². The predicted molar refractivity (Wildman–Crippen MR) is 73.6 cm³/mol. The normalized spacial score (nSPS) is 17.8. The van der Waals surface area contributed by atoms with Crippen molar-refractivity contribution in [1.82, 2.24) is 14.7 Å². The maximum atomic E-state index is 12.5. The third kappa shape index (κ3) is 2.50. The molecule has 1 aliphatic carbocycles. The molecule has 0 aromatic carbocycles. The molecule has 5 nitrogen and oxygen atoms in total. The molecule has 0 radical (unpaired) electrons. The van der Waals surface area contributed by atoms with Gasteiger partial charge in [0.25, 0.3) is 0 Å².